The Labute approximate surface area is 112 Å². The van der Waals surface area contributed by atoms with Crippen LogP contribution in [0.5, 0.6) is 5.75 Å². The van der Waals surface area contributed by atoms with Gasteiger partial charge < -0.3 is 4.74 Å². The van der Waals surface area contributed by atoms with Crippen molar-refractivity contribution in [2.45, 2.75) is 11.4 Å². The van der Waals surface area contributed by atoms with Crippen molar-refractivity contribution in [1.82, 2.24) is 0 Å². The van der Waals surface area contributed by atoms with E-state index in [0.717, 1.165) is 11.3 Å². The van der Waals surface area contributed by atoms with Gasteiger partial charge >= 0.3 is 0 Å². The van der Waals surface area contributed by atoms with Crippen molar-refractivity contribution in [3.8, 4) is 5.75 Å². The molecule has 0 unspecified atom stereocenters. The third-order valence-corrected chi connectivity index (χ3v) is 5.13. The van der Waals surface area contributed by atoms with Crippen LogP contribution in [0.1, 0.15) is 5.56 Å². The zero-order valence-corrected chi connectivity index (χ0v) is 11.5. The van der Waals surface area contributed by atoms with Gasteiger partial charge in [0.05, 0.1) is 30.0 Å². The van der Waals surface area contributed by atoms with Crippen molar-refractivity contribution in [1.29, 1.82) is 0 Å². The van der Waals surface area contributed by atoms with Gasteiger partial charge in [-0.3, -0.25) is 4.99 Å². The number of hydrogen-bond acceptors (Lipinski definition) is 4. The summed E-state index contributed by atoms with van der Waals surface area (Å²) in [5, 5.41) is -0.426. The van der Waals surface area contributed by atoms with Gasteiger partial charge in [0.15, 0.2) is 9.84 Å². The molecule has 2 atom stereocenters. The van der Waals surface area contributed by atoms with E-state index in [-0.39, 0.29) is 17.5 Å². The Balaban J connectivity index is 2.06. The van der Waals surface area contributed by atoms with Crippen molar-refractivity contribution in [3.63, 3.8) is 0 Å². The number of benzene rings is 1. The number of nitrogens with zero attached hydrogens (tertiary/aromatic N) is 1. The molecule has 0 N–H and O–H groups in total. The summed E-state index contributed by atoms with van der Waals surface area (Å²) < 4.78 is 27.8. The molecule has 0 amide bonds. The summed E-state index contributed by atoms with van der Waals surface area (Å²) in [7, 11) is -1.42. The maximum atomic E-state index is 11.4. The first-order chi connectivity index (χ1) is 8.50. The van der Waals surface area contributed by atoms with Crippen molar-refractivity contribution >= 4 is 27.7 Å². The smallest absolute Gasteiger partial charge is 0.153 e. The Kier molecular flexibility index (Phi) is 3.92. The maximum Gasteiger partial charge on any atom is 0.153 e. The van der Waals surface area contributed by atoms with Gasteiger partial charge in [-0.2, -0.15) is 0 Å². The Morgan fingerprint density at radius 1 is 1.33 bits per heavy atom. The third-order valence-electron chi connectivity index (χ3n) is 2.79. The molecular weight excluding hydrogens is 274 g/mol. The van der Waals surface area contributed by atoms with Crippen LogP contribution in [0.25, 0.3) is 0 Å². The van der Waals surface area contributed by atoms with Gasteiger partial charge in [0.1, 0.15) is 5.75 Å². The molecule has 0 spiro atoms. The molecule has 1 aliphatic rings. The van der Waals surface area contributed by atoms with Crippen LogP contribution in [0.3, 0.4) is 0 Å². The topological polar surface area (TPSA) is 55.7 Å². The van der Waals surface area contributed by atoms with E-state index in [1.165, 1.54) is 0 Å². The predicted octanol–water partition coefficient (Wildman–Crippen LogP) is 1.52. The van der Waals surface area contributed by atoms with Gasteiger partial charge in [0, 0.05) is 6.21 Å². The van der Waals surface area contributed by atoms with E-state index in [2.05, 4.69) is 4.99 Å². The van der Waals surface area contributed by atoms with Crippen molar-refractivity contribution < 1.29 is 13.2 Å². The minimum absolute atomic E-state index is 0.0131. The Hall–Kier alpha value is -1.07. The molecule has 0 aromatic heterocycles. The Morgan fingerprint density at radius 2 is 2.00 bits per heavy atom. The highest BCUT2D eigenvalue weighted by atomic mass is 35.5. The number of sulfone groups is 1. The van der Waals surface area contributed by atoms with Crippen LogP contribution in [0.4, 0.5) is 0 Å². The van der Waals surface area contributed by atoms with Gasteiger partial charge in [-0.05, 0) is 29.8 Å². The molecule has 1 fully saturated rings. The molecule has 0 saturated carbocycles. The Morgan fingerprint density at radius 3 is 2.50 bits per heavy atom. The van der Waals surface area contributed by atoms with Crippen molar-refractivity contribution in [2.24, 2.45) is 4.99 Å². The van der Waals surface area contributed by atoms with Crippen LogP contribution in [-0.4, -0.2) is 44.7 Å². The van der Waals surface area contributed by atoms with Crippen LogP contribution in [0.2, 0.25) is 0 Å². The molecule has 4 nitrogen and oxygen atoms in total. The van der Waals surface area contributed by atoms with Crippen molar-refractivity contribution in [2.75, 3.05) is 18.6 Å². The summed E-state index contributed by atoms with van der Waals surface area (Å²) in [5.41, 5.74) is 0.893. The summed E-state index contributed by atoms with van der Waals surface area (Å²) in [4.78, 5) is 4.25. The van der Waals surface area contributed by atoms with Crippen molar-refractivity contribution in [3.05, 3.63) is 29.8 Å². The van der Waals surface area contributed by atoms with E-state index in [1.807, 2.05) is 24.3 Å². The number of alkyl halides is 1. The largest absolute Gasteiger partial charge is 0.497 e. The van der Waals surface area contributed by atoms with E-state index in [4.69, 9.17) is 16.3 Å². The summed E-state index contributed by atoms with van der Waals surface area (Å²) >= 11 is 5.96. The second-order valence-corrected chi connectivity index (χ2v) is 6.93. The fourth-order valence-electron chi connectivity index (χ4n) is 1.79. The monoisotopic (exact) mass is 287 g/mol. The lowest BCUT2D eigenvalue weighted by molar-refractivity contribution is 0.415. The van der Waals surface area contributed by atoms with E-state index in [0.29, 0.717) is 0 Å². The molecule has 18 heavy (non-hydrogen) atoms. The lowest BCUT2D eigenvalue weighted by atomic mass is 10.2. The third kappa shape index (κ3) is 3.23. The first kappa shape index (κ1) is 13.4. The fourth-order valence-corrected chi connectivity index (χ4v) is 4.31. The number of methoxy groups -OCH3 is 1. The van der Waals surface area contributed by atoms with Crippen LogP contribution in [0.15, 0.2) is 29.3 Å². The van der Waals surface area contributed by atoms with E-state index in [9.17, 15) is 8.42 Å². The highest BCUT2D eigenvalue weighted by Crippen LogP contribution is 2.21. The predicted molar refractivity (Wildman–Crippen MR) is 72.7 cm³/mol. The van der Waals surface area contributed by atoms with Gasteiger partial charge in [0.25, 0.3) is 0 Å². The lowest BCUT2D eigenvalue weighted by Gasteiger charge is -2.05. The van der Waals surface area contributed by atoms with E-state index < -0.39 is 15.2 Å². The maximum absolute atomic E-state index is 11.4. The number of aliphatic imine (C=N–C) groups is 1. The average Bonchev–Trinajstić information content (AvgIpc) is 2.60. The SMILES string of the molecule is COc1ccc(C=N[C@@H]2CS(=O)(=O)C[C@H]2Cl)cc1. The number of ether oxygens (including phenoxy) is 1. The molecule has 1 aromatic rings. The second kappa shape index (κ2) is 5.28. The Bertz CT molecular complexity index is 539. The molecular formula is C12H14ClNO3S. The zero-order valence-electron chi connectivity index (χ0n) is 9.91. The molecule has 6 heteroatoms. The molecule has 1 saturated heterocycles. The highest BCUT2D eigenvalue weighted by Gasteiger charge is 2.35. The van der Waals surface area contributed by atoms with Gasteiger partial charge in [0.2, 0.25) is 0 Å². The minimum Gasteiger partial charge on any atom is -0.497 e. The second-order valence-electron chi connectivity index (χ2n) is 4.21. The highest BCUT2D eigenvalue weighted by molar-refractivity contribution is 7.91. The molecule has 1 aliphatic heterocycles. The van der Waals surface area contributed by atoms with E-state index >= 15 is 0 Å². The molecule has 0 bridgehead atoms. The minimum atomic E-state index is -3.03. The normalized spacial score (nSPS) is 26.6. The van der Waals surface area contributed by atoms with Crippen LogP contribution in [0, 0.1) is 0 Å². The summed E-state index contributed by atoms with van der Waals surface area (Å²) in [6.45, 7) is 0. The first-order valence-electron chi connectivity index (χ1n) is 5.52. The van der Waals surface area contributed by atoms with Crippen LogP contribution >= 0.6 is 11.6 Å². The zero-order chi connectivity index (χ0) is 13.2. The quantitative estimate of drug-likeness (QED) is 0.626. The number of halogens is 1. The molecule has 0 radical (unpaired) electrons. The average molecular weight is 288 g/mol. The molecule has 1 aromatic carbocycles. The number of rotatable bonds is 3. The van der Waals surface area contributed by atoms with Crippen LogP contribution in [-0.2, 0) is 9.84 Å². The van der Waals surface area contributed by atoms with Crippen LogP contribution < -0.4 is 4.74 Å². The molecule has 98 valence electrons. The first-order valence-corrected chi connectivity index (χ1v) is 7.78. The lowest BCUT2D eigenvalue weighted by Crippen LogP contribution is -2.16. The van der Waals surface area contributed by atoms with Gasteiger partial charge in [-0.25, -0.2) is 8.42 Å². The molecule has 0 aliphatic carbocycles. The fraction of sp³-hybridized carbons (Fsp3) is 0.417. The van der Waals surface area contributed by atoms with E-state index in [1.54, 1.807) is 13.3 Å². The van der Waals surface area contributed by atoms with Gasteiger partial charge in [-0.1, -0.05) is 0 Å². The standard InChI is InChI=1S/C12H14ClNO3S/c1-17-10-4-2-9(3-5-10)6-14-12-8-18(15,16)7-11(12)13/h2-6,11-12H,7-8H2,1H3/t11-,12-/m1/s1. The van der Waals surface area contributed by atoms with Gasteiger partial charge in [-0.15, -0.1) is 11.6 Å². The summed E-state index contributed by atoms with van der Waals surface area (Å²) in [6, 6.07) is 7.01. The number of hydrogen-bond donors (Lipinski definition) is 0. The molecule has 2 rings (SSSR count). The summed E-state index contributed by atoms with van der Waals surface area (Å²) in [6.07, 6.45) is 1.65. The summed E-state index contributed by atoms with van der Waals surface area (Å²) in [5.74, 6) is 0.818. The molecule has 1 heterocycles.